The van der Waals surface area contributed by atoms with Crippen molar-refractivity contribution in [2.45, 2.75) is 6.92 Å². The molecule has 0 spiro atoms. The first-order valence-electron chi connectivity index (χ1n) is 4.06. The van der Waals surface area contributed by atoms with Crippen LogP contribution in [0.2, 0.25) is 0 Å². The zero-order chi connectivity index (χ0) is 10.5. The van der Waals surface area contributed by atoms with Gasteiger partial charge in [-0.15, -0.1) is 0 Å². The van der Waals surface area contributed by atoms with Gasteiger partial charge >= 0.3 is 5.69 Å². The number of fused-ring (bicyclic) bond motifs is 1. The fourth-order valence-electron chi connectivity index (χ4n) is 1.41. The standard InChI is InChI=1S/C8H9N3O2S/c1-4-5-6(9-14-4)10(2)8(13)11(3)7(5)12/h1-3H3. The zero-order valence-corrected chi connectivity index (χ0v) is 8.88. The minimum absolute atomic E-state index is 0.269. The summed E-state index contributed by atoms with van der Waals surface area (Å²) in [5.41, 5.74) is -0.136. The molecule has 2 heterocycles. The van der Waals surface area contributed by atoms with Crippen molar-refractivity contribution in [2.75, 3.05) is 0 Å². The van der Waals surface area contributed by atoms with Crippen LogP contribution in [0, 0.1) is 6.92 Å². The summed E-state index contributed by atoms with van der Waals surface area (Å²) in [7, 11) is 3.09. The van der Waals surface area contributed by atoms with Crippen LogP contribution in [0.15, 0.2) is 9.59 Å². The number of hydrogen-bond donors (Lipinski definition) is 0. The van der Waals surface area contributed by atoms with Crippen molar-refractivity contribution in [3.05, 3.63) is 25.7 Å². The molecule has 0 aliphatic rings. The van der Waals surface area contributed by atoms with Crippen LogP contribution in [0.25, 0.3) is 11.0 Å². The Balaban J connectivity index is 3.22. The van der Waals surface area contributed by atoms with E-state index in [-0.39, 0.29) is 11.2 Å². The molecule has 0 unspecified atom stereocenters. The molecule has 6 heteroatoms. The predicted molar refractivity (Wildman–Crippen MR) is 54.8 cm³/mol. The number of aryl methyl sites for hydroxylation is 2. The normalized spacial score (nSPS) is 11.1. The number of aromatic nitrogens is 3. The van der Waals surface area contributed by atoms with Crippen LogP contribution in [0.1, 0.15) is 4.88 Å². The third-order valence-electron chi connectivity index (χ3n) is 2.25. The van der Waals surface area contributed by atoms with Gasteiger partial charge in [-0.2, -0.15) is 4.37 Å². The van der Waals surface area contributed by atoms with Gasteiger partial charge in [0.2, 0.25) is 0 Å². The van der Waals surface area contributed by atoms with E-state index in [1.165, 1.54) is 23.1 Å². The van der Waals surface area contributed by atoms with E-state index in [9.17, 15) is 9.59 Å². The fraction of sp³-hybridized carbons (Fsp3) is 0.375. The van der Waals surface area contributed by atoms with E-state index in [2.05, 4.69) is 4.37 Å². The Labute approximate surface area is 83.4 Å². The molecule has 0 radical (unpaired) electrons. The number of nitrogens with zero attached hydrogens (tertiary/aromatic N) is 3. The van der Waals surface area contributed by atoms with Crippen LogP contribution in [-0.2, 0) is 14.1 Å². The lowest BCUT2D eigenvalue weighted by atomic mass is 10.3. The maximum atomic E-state index is 11.7. The second kappa shape index (κ2) is 2.78. The van der Waals surface area contributed by atoms with Gasteiger partial charge in [0.25, 0.3) is 5.56 Å². The number of rotatable bonds is 0. The van der Waals surface area contributed by atoms with Gasteiger partial charge in [0.15, 0.2) is 5.65 Å². The first-order chi connectivity index (χ1) is 6.54. The number of hydrogen-bond acceptors (Lipinski definition) is 4. The smallest absolute Gasteiger partial charge is 0.280 e. The Morgan fingerprint density at radius 2 is 1.86 bits per heavy atom. The largest absolute Gasteiger partial charge is 0.332 e. The van der Waals surface area contributed by atoms with Crippen LogP contribution in [-0.4, -0.2) is 13.5 Å². The average Bonchev–Trinajstić information content (AvgIpc) is 2.54. The Bertz CT molecular complexity index is 620. The molecule has 2 aromatic rings. The van der Waals surface area contributed by atoms with Crippen molar-refractivity contribution in [3.63, 3.8) is 0 Å². The molecule has 2 aromatic heterocycles. The van der Waals surface area contributed by atoms with Gasteiger partial charge in [0, 0.05) is 19.0 Å². The van der Waals surface area contributed by atoms with Gasteiger partial charge in [-0.1, -0.05) is 0 Å². The highest BCUT2D eigenvalue weighted by atomic mass is 32.1. The summed E-state index contributed by atoms with van der Waals surface area (Å²) in [6.07, 6.45) is 0. The molecule has 0 aromatic carbocycles. The molecule has 0 saturated carbocycles. The summed E-state index contributed by atoms with van der Waals surface area (Å²) in [5.74, 6) is 0. The lowest BCUT2D eigenvalue weighted by molar-refractivity contribution is 0.710. The van der Waals surface area contributed by atoms with E-state index in [0.29, 0.717) is 11.0 Å². The van der Waals surface area contributed by atoms with Crippen LogP contribution < -0.4 is 11.2 Å². The van der Waals surface area contributed by atoms with Crippen molar-refractivity contribution in [3.8, 4) is 0 Å². The quantitative estimate of drug-likeness (QED) is 0.616. The van der Waals surface area contributed by atoms with Crippen molar-refractivity contribution in [1.29, 1.82) is 0 Å². The molecule has 0 N–H and O–H groups in total. The topological polar surface area (TPSA) is 56.9 Å². The highest BCUT2D eigenvalue weighted by molar-refractivity contribution is 7.07. The fourth-order valence-corrected chi connectivity index (χ4v) is 2.11. The lowest BCUT2D eigenvalue weighted by Gasteiger charge is -2.01. The highest BCUT2D eigenvalue weighted by Crippen LogP contribution is 2.15. The van der Waals surface area contributed by atoms with Gasteiger partial charge in [-0.3, -0.25) is 13.9 Å². The van der Waals surface area contributed by atoms with E-state index in [0.717, 1.165) is 9.44 Å². The molecule has 0 amide bonds. The minimum atomic E-state index is -0.340. The monoisotopic (exact) mass is 211 g/mol. The molecule has 0 aliphatic heterocycles. The summed E-state index contributed by atoms with van der Waals surface area (Å²) in [4.78, 5) is 24.0. The van der Waals surface area contributed by atoms with Crippen molar-refractivity contribution >= 4 is 22.6 Å². The van der Waals surface area contributed by atoms with Gasteiger partial charge in [0.1, 0.15) is 0 Å². The molecule has 5 nitrogen and oxygen atoms in total. The Morgan fingerprint density at radius 1 is 1.21 bits per heavy atom. The van der Waals surface area contributed by atoms with E-state index >= 15 is 0 Å². The van der Waals surface area contributed by atoms with Crippen molar-refractivity contribution in [2.24, 2.45) is 14.1 Å². The molecular weight excluding hydrogens is 202 g/mol. The molecular formula is C8H9N3O2S. The Kier molecular flexibility index (Phi) is 1.81. The van der Waals surface area contributed by atoms with Gasteiger partial charge in [0.05, 0.1) is 5.39 Å². The van der Waals surface area contributed by atoms with Crippen molar-refractivity contribution in [1.82, 2.24) is 13.5 Å². The van der Waals surface area contributed by atoms with Gasteiger partial charge in [-0.05, 0) is 18.5 Å². The van der Waals surface area contributed by atoms with Crippen LogP contribution >= 0.6 is 11.5 Å². The van der Waals surface area contributed by atoms with E-state index in [1.807, 2.05) is 6.92 Å². The first kappa shape index (κ1) is 9.14. The molecule has 14 heavy (non-hydrogen) atoms. The third-order valence-corrected chi connectivity index (χ3v) is 3.00. The summed E-state index contributed by atoms with van der Waals surface area (Å²) in [5, 5.41) is 0.541. The second-order valence-corrected chi connectivity index (χ2v) is 4.12. The van der Waals surface area contributed by atoms with E-state index in [1.54, 1.807) is 7.05 Å². The maximum Gasteiger partial charge on any atom is 0.332 e. The molecule has 0 fully saturated rings. The molecule has 0 atom stereocenters. The average molecular weight is 211 g/mol. The van der Waals surface area contributed by atoms with Crippen molar-refractivity contribution < 1.29 is 0 Å². The molecule has 0 aliphatic carbocycles. The molecule has 2 rings (SSSR count). The van der Waals surface area contributed by atoms with E-state index < -0.39 is 0 Å². The van der Waals surface area contributed by atoms with Gasteiger partial charge < -0.3 is 0 Å². The SMILES string of the molecule is Cc1snc2c1c(=O)n(C)c(=O)n2C. The van der Waals surface area contributed by atoms with Crippen LogP contribution in [0.3, 0.4) is 0 Å². The highest BCUT2D eigenvalue weighted by Gasteiger charge is 2.12. The lowest BCUT2D eigenvalue weighted by Crippen LogP contribution is -2.36. The van der Waals surface area contributed by atoms with Crippen LogP contribution in [0.5, 0.6) is 0 Å². The Hall–Kier alpha value is -1.43. The maximum absolute atomic E-state index is 11.7. The summed E-state index contributed by atoms with van der Waals surface area (Å²) in [6, 6.07) is 0. The van der Waals surface area contributed by atoms with Crippen LogP contribution in [0.4, 0.5) is 0 Å². The first-order valence-corrected chi connectivity index (χ1v) is 4.83. The predicted octanol–water partition coefficient (Wildman–Crippen LogP) is 0.00212. The van der Waals surface area contributed by atoms with Gasteiger partial charge in [-0.25, -0.2) is 4.79 Å². The second-order valence-electron chi connectivity index (χ2n) is 3.14. The third kappa shape index (κ3) is 0.971. The molecule has 0 saturated heterocycles. The zero-order valence-electron chi connectivity index (χ0n) is 8.07. The van der Waals surface area contributed by atoms with E-state index in [4.69, 9.17) is 0 Å². The summed E-state index contributed by atoms with van der Waals surface area (Å²) in [6.45, 7) is 1.83. The Morgan fingerprint density at radius 3 is 2.50 bits per heavy atom. The summed E-state index contributed by atoms with van der Waals surface area (Å²) < 4.78 is 6.56. The summed E-state index contributed by atoms with van der Waals surface area (Å²) >= 11 is 1.24. The minimum Gasteiger partial charge on any atom is -0.280 e. The molecule has 74 valence electrons. The molecule has 0 bridgehead atoms.